The molecule has 4 rings (SSSR count). The summed E-state index contributed by atoms with van der Waals surface area (Å²) in [4.78, 5) is 42.5. The average molecular weight is 432 g/mol. The highest BCUT2D eigenvalue weighted by Gasteiger charge is 2.49. The van der Waals surface area contributed by atoms with Crippen molar-refractivity contribution in [2.45, 2.75) is 45.9 Å². The van der Waals surface area contributed by atoms with Crippen molar-refractivity contribution in [2.75, 3.05) is 6.61 Å². The summed E-state index contributed by atoms with van der Waals surface area (Å²) < 4.78 is 7.24. The number of aromatic nitrogens is 2. The lowest BCUT2D eigenvalue weighted by molar-refractivity contribution is -0.0740. The summed E-state index contributed by atoms with van der Waals surface area (Å²) >= 11 is 6.05. The molecule has 2 N–H and O–H groups in total. The number of amides is 1. The van der Waals surface area contributed by atoms with Crippen LogP contribution in [0.5, 0.6) is 5.75 Å². The molecule has 4 heterocycles. The van der Waals surface area contributed by atoms with Crippen molar-refractivity contribution in [1.29, 1.82) is 0 Å². The van der Waals surface area contributed by atoms with Gasteiger partial charge in [-0.25, -0.2) is 0 Å². The van der Waals surface area contributed by atoms with E-state index in [9.17, 15) is 19.5 Å². The number of halogens is 1. The maximum absolute atomic E-state index is 13.1. The summed E-state index contributed by atoms with van der Waals surface area (Å²) in [7, 11) is 0. The number of nitrogens with one attached hydrogen (secondary N) is 1. The van der Waals surface area contributed by atoms with Crippen molar-refractivity contribution in [3.8, 4) is 5.75 Å². The molecule has 0 aromatic carbocycles. The molecule has 2 aromatic rings. The van der Waals surface area contributed by atoms with Gasteiger partial charge in [-0.15, -0.1) is 0 Å². The molecule has 2 atom stereocenters. The van der Waals surface area contributed by atoms with Gasteiger partial charge in [0.25, 0.3) is 5.91 Å². The second kappa shape index (κ2) is 7.52. The van der Waals surface area contributed by atoms with Gasteiger partial charge in [0.1, 0.15) is 11.3 Å². The Labute approximate surface area is 177 Å². The summed E-state index contributed by atoms with van der Waals surface area (Å²) in [5.74, 6) is -1.69. The zero-order chi connectivity index (χ0) is 21.6. The van der Waals surface area contributed by atoms with Crippen molar-refractivity contribution in [2.24, 2.45) is 5.41 Å². The van der Waals surface area contributed by atoms with Crippen molar-refractivity contribution in [3.05, 3.63) is 56.2 Å². The first kappa shape index (κ1) is 20.6. The predicted molar refractivity (Wildman–Crippen MR) is 109 cm³/mol. The molecule has 2 aromatic heterocycles. The van der Waals surface area contributed by atoms with E-state index in [2.05, 4.69) is 10.3 Å². The summed E-state index contributed by atoms with van der Waals surface area (Å²) in [5.41, 5.74) is -0.617. The van der Waals surface area contributed by atoms with Gasteiger partial charge in [0.15, 0.2) is 11.5 Å². The number of pyridine rings is 2. The first-order chi connectivity index (χ1) is 14.2. The molecule has 158 valence electrons. The summed E-state index contributed by atoms with van der Waals surface area (Å²) in [6.45, 7) is 4.51. The van der Waals surface area contributed by atoms with Gasteiger partial charge in [0, 0.05) is 25.5 Å². The molecule has 0 saturated carbocycles. The van der Waals surface area contributed by atoms with E-state index in [1.54, 1.807) is 26.1 Å². The molecule has 0 aliphatic carbocycles. The number of hydrogen-bond donors (Lipinski definition) is 2. The molecule has 9 heteroatoms. The molecular formula is C21H22ClN3O5. The van der Waals surface area contributed by atoms with Crippen molar-refractivity contribution in [3.63, 3.8) is 0 Å². The van der Waals surface area contributed by atoms with Crippen LogP contribution in [0.4, 0.5) is 0 Å². The number of rotatable bonds is 3. The third-order valence-electron chi connectivity index (χ3n) is 6.00. The van der Waals surface area contributed by atoms with Gasteiger partial charge in [-0.2, -0.15) is 0 Å². The highest BCUT2D eigenvalue weighted by Crippen LogP contribution is 2.42. The van der Waals surface area contributed by atoms with Gasteiger partial charge >= 0.3 is 0 Å². The largest absolute Gasteiger partial charge is 0.503 e. The third-order valence-corrected chi connectivity index (χ3v) is 6.38. The van der Waals surface area contributed by atoms with Crippen LogP contribution >= 0.6 is 11.6 Å². The van der Waals surface area contributed by atoms with Crippen molar-refractivity contribution in [1.82, 2.24) is 14.9 Å². The lowest BCUT2D eigenvalue weighted by atomic mass is 9.71. The second-order valence-corrected chi connectivity index (χ2v) is 8.43. The Balaban J connectivity index is 1.63. The van der Waals surface area contributed by atoms with Gasteiger partial charge in [0.2, 0.25) is 5.43 Å². The fraction of sp³-hybridized carbons (Fsp3) is 0.429. The number of hydrogen-bond acceptors (Lipinski definition) is 6. The highest BCUT2D eigenvalue weighted by molar-refractivity contribution is 6.31. The van der Waals surface area contributed by atoms with Crippen LogP contribution in [-0.4, -0.2) is 39.1 Å². The Kier molecular flexibility index (Phi) is 5.15. The van der Waals surface area contributed by atoms with Crippen LogP contribution in [0.15, 0.2) is 23.3 Å². The van der Waals surface area contributed by atoms with Crippen LogP contribution in [0.3, 0.4) is 0 Å². The normalized spacial score (nSPS) is 22.9. The summed E-state index contributed by atoms with van der Waals surface area (Å²) in [6.07, 6.45) is 3.90. The maximum Gasteiger partial charge on any atom is 0.257 e. The fourth-order valence-corrected chi connectivity index (χ4v) is 4.28. The van der Waals surface area contributed by atoms with Crippen LogP contribution in [0, 0.1) is 12.3 Å². The third kappa shape index (κ3) is 3.30. The number of carbonyl (C=O) groups is 2. The smallest absolute Gasteiger partial charge is 0.257 e. The Morgan fingerprint density at radius 2 is 2.23 bits per heavy atom. The Hall–Kier alpha value is -2.71. The molecule has 0 radical (unpaired) electrons. The number of Topliss-reactive ketones (excluding diaryl/α,β-unsaturated/α-hetero) is 1. The van der Waals surface area contributed by atoms with E-state index >= 15 is 0 Å². The van der Waals surface area contributed by atoms with Crippen molar-refractivity contribution < 1.29 is 19.4 Å². The van der Waals surface area contributed by atoms with Crippen LogP contribution in [0.1, 0.15) is 51.9 Å². The van der Waals surface area contributed by atoms with Gasteiger partial charge in [0.05, 0.1) is 28.8 Å². The van der Waals surface area contributed by atoms with Gasteiger partial charge in [-0.05, 0) is 38.3 Å². The van der Waals surface area contributed by atoms with Crippen molar-refractivity contribution >= 4 is 23.3 Å². The Bertz CT molecular complexity index is 1110. The summed E-state index contributed by atoms with van der Waals surface area (Å²) in [6, 6.07) is 1.68. The molecule has 1 fully saturated rings. The van der Waals surface area contributed by atoms with Gasteiger partial charge in [-0.1, -0.05) is 11.6 Å². The number of carbonyl (C=O) groups excluding carboxylic acids is 2. The molecular weight excluding hydrogens is 410 g/mol. The standard InChI is InChI=1S/C21H22ClN3O5/c1-11-14(22)6-12(7-23-11)8-24-20(29)13-9-25-10-15-21(2,4-3-5-30-15)19(28)16(25)18(27)17(13)26/h6-7,9,15,27H,3-5,8,10H2,1-2H3,(H,24,29)/t15-,21-/m0/s1. The summed E-state index contributed by atoms with van der Waals surface area (Å²) in [5, 5.41) is 13.6. The minimum atomic E-state index is -0.869. The molecule has 0 bridgehead atoms. The topological polar surface area (TPSA) is 111 Å². The minimum Gasteiger partial charge on any atom is -0.503 e. The highest BCUT2D eigenvalue weighted by atomic mass is 35.5. The average Bonchev–Trinajstić information content (AvgIpc) is 2.72. The molecule has 2 aliphatic heterocycles. The lowest BCUT2D eigenvalue weighted by Crippen LogP contribution is -2.52. The van der Waals surface area contributed by atoms with E-state index in [0.717, 1.165) is 6.42 Å². The molecule has 0 unspecified atom stereocenters. The first-order valence-electron chi connectivity index (χ1n) is 9.74. The first-order valence-corrected chi connectivity index (χ1v) is 10.1. The number of aryl methyl sites for hydroxylation is 1. The van der Waals surface area contributed by atoms with E-state index in [-0.39, 0.29) is 36.2 Å². The predicted octanol–water partition coefficient (Wildman–Crippen LogP) is 2.22. The van der Waals surface area contributed by atoms with Gasteiger partial charge in [-0.3, -0.25) is 19.4 Å². The van der Waals surface area contributed by atoms with Crippen LogP contribution in [0.2, 0.25) is 5.02 Å². The van der Waals surface area contributed by atoms with E-state index in [4.69, 9.17) is 16.3 Å². The monoisotopic (exact) mass is 431 g/mol. The maximum atomic E-state index is 13.1. The molecule has 30 heavy (non-hydrogen) atoms. The molecule has 1 saturated heterocycles. The zero-order valence-corrected chi connectivity index (χ0v) is 17.5. The second-order valence-electron chi connectivity index (χ2n) is 8.02. The van der Waals surface area contributed by atoms with Crippen LogP contribution in [-0.2, 0) is 17.8 Å². The van der Waals surface area contributed by atoms with E-state index in [1.807, 2.05) is 0 Å². The molecule has 2 aliphatic rings. The van der Waals surface area contributed by atoms with E-state index in [1.165, 1.54) is 10.8 Å². The SMILES string of the molecule is Cc1ncc(CNC(=O)c2cn3c(c(O)c2=O)C(=O)[C@@]2(C)CCCO[C@H]2C3)cc1Cl. The quantitative estimate of drug-likeness (QED) is 0.771. The minimum absolute atomic E-state index is 0.0599. The van der Waals surface area contributed by atoms with E-state index < -0.39 is 22.5 Å². The lowest BCUT2D eigenvalue weighted by Gasteiger charge is -2.44. The fourth-order valence-electron chi connectivity index (χ4n) is 4.09. The van der Waals surface area contributed by atoms with Gasteiger partial charge < -0.3 is 19.7 Å². The molecule has 0 spiro atoms. The number of fused-ring (bicyclic) bond motifs is 2. The Morgan fingerprint density at radius 3 is 2.97 bits per heavy atom. The number of ether oxygens (including phenoxy) is 1. The molecule has 8 nitrogen and oxygen atoms in total. The van der Waals surface area contributed by atoms with Crippen LogP contribution in [0.25, 0.3) is 0 Å². The number of aromatic hydroxyl groups is 1. The Morgan fingerprint density at radius 1 is 1.47 bits per heavy atom. The van der Waals surface area contributed by atoms with Crippen LogP contribution < -0.4 is 10.7 Å². The molecule has 1 amide bonds. The zero-order valence-electron chi connectivity index (χ0n) is 16.7. The number of ketones is 1. The number of nitrogens with zero attached hydrogens (tertiary/aromatic N) is 2. The van der Waals surface area contributed by atoms with E-state index in [0.29, 0.717) is 29.3 Å².